The van der Waals surface area contributed by atoms with Crippen LogP contribution in [0.3, 0.4) is 0 Å². The van der Waals surface area contributed by atoms with E-state index in [0.717, 1.165) is 42.1 Å². The highest BCUT2D eigenvalue weighted by atomic mass is 16.2. The van der Waals surface area contributed by atoms with Gasteiger partial charge in [0.2, 0.25) is 0 Å². The minimum atomic E-state index is 0.172. The summed E-state index contributed by atoms with van der Waals surface area (Å²) < 4.78 is 0. The average Bonchev–Trinajstić information content (AvgIpc) is 3.09. The Morgan fingerprint density at radius 3 is 2.54 bits per heavy atom. The second kappa shape index (κ2) is 6.48. The highest BCUT2D eigenvalue weighted by Crippen LogP contribution is 2.26. The zero-order chi connectivity index (χ0) is 16.4. The highest BCUT2D eigenvalue weighted by molar-refractivity contribution is 6.07. The molecular formula is C22H21NO. The van der Waals surface area contributed by atoms with E-state index in [2.05, 4.69) is 41.3 Å². The van der Waals surface area contributed by atoms with Crippen LogP contribution < -0.4 is 0 Å². The van der Waals surface area contributed by atoms with Gasteiger partial charge in [-0.3, -0.25) is 4.79 Å². The summed E-state index contributed by atoms with van der Waals surface area (Å²) in [4.78, 5) is 15.3. The molecule has 4 rings (SSSR count). The van der Waals surface area contributed by atoms with E-state index in [4.69, 9.17) is 0 Å². The van der Waals surface area contributed by atoms with Gasteiger partial charge >= 0.3 is 0 Å². The lowest BCUT2D eigenvalue weighted by atomic mass is 10.0. The van der Waals surface area contributed by atoms with E-state index in [1.807, 2.05) is 36.4 Å². The lowest BCUT2D eigenvalue weighted by Gasteiger charge is -2.25. The normalized spacial score (nSPS) is 17.3. The lowest BCUT2D eigenvalue weighted by Crippen LogP contribution is -2.36. The SMILES string of the molecule is O=C(c1cccc2ccccc12)N1CCCC1Cc1ccccc1. The van der Waals surface area contributed by atoms with Crippen LogP contribution in [-0.4, -0.2) is 23.4 Å². The van der Waals surface area contributed by atoms with E-state index < -0.39 is 0 Å². The van der Waals surface area contributed by atoms with Crippen molar-refractivity contribution in [1.82, 2.24) is 4.90 Å². The Hall–Kier alpha value is -2.61. The number of carbonyl (C=O) groups is 1. The molecule has 3 aromatic rings. The molecule has 1 unspecified atom stereocenters. The molecular weight excluding hydrogens is 294 g/mol. The second-order valence-corrected chi connectivity index (χ2v) is 6.51. The van der Waals surface area contributed by atoms with Gasteiger partial charge in [0.15, 0.2) is 0 Å². The van der Waals surface area contributed by atoms with Gasteiger partial charge in [-0.15, -0.1) is 0 Å². The van der Waals surface area contributed by atoms with Crippen molar-refractivity contribution in [2.45, 2.75) is 25.3 Å². The smallest absolute Gasteiger partial charge is 0.254 e. The van der Waals surface area contributed by atoms with E-state index in [1.165, 1.54) is 5.56 Å². The molecule has 0 spiro atoms. The van der Waals surface area contributed by atoms with Gasteiger partial charge < -0.3 is 4.90 Å². The summed E-state index contributed by atoms with van der Waals surface area (Å²) in [5.41, 5.74) is 2.13. The molecule has 1 aliphatic heterocycles. The summed E-state index contributed by atoms with van der Waals surface area (Å²) in [6.07, 6.45) is 3.12. The fourth-order valence-electron chi connectivity index (χ4n) is 3.77. The second-order valence-electron chi connectivity index (χ2n) is 6.51. The fraction of sp³-hybridized carbons (Fsp3) is 0.227. The summed E-state index contributed by atoms with van der Waals surface area (Å²) in [5, 5.41) is 2.18. The molecule has 0 radical (unpaired) electrons. The van der Waals surface area contributed by atoms with E-state index in [-0.39, 0.29) is 5.91 Å². The summed E-state index contributed by atoms with van der Waals surface area (Å²) >= 11 is 0. The third kappa shape index (κ3) is 2.80. The Labute approximate surface area is 142 Å². The van der Waals surface area contributed by atoms with Crippen molar-refractivity contribution < 1.29 is 4.79 Å². The summed E-state index contributed by atoms with van der Waals surface area (Å²) in [6.45, 7) is 0.861. The zero-order valence-electron chi connectivity index (χ0n) is 13.7. The van der Waals surface area contributed by atoms with Gasteiger partial charge in [0.05, 0.1) is 0 Å². The third-order valence-electron chi connectivity index (χ3n) is 4.97. The van der Waals surface area contributed by atoms with E-state index in [1.54, 1.807) is 0 Å². The van der Waals surface area contributed by atoms with Crippen molar-refractivity contribution in [1.29, 1.82) is 0 Å². The number of amides is 1. The van der Waals surface area contributed by atoms with Gasteiger partial charge in [-0.05, 0) is 41.7 Å². The maximum absolute atomic E-state index is 13.2. The molecule has 2 heteroatoms. The number of hydrogen-bond donors (Lipinski definition) is 0. The zero-order valence-corrected chi connectivity index (χ0v) is 13.7. The molecule has 1 amide bonds. The highest BCUT2D eigenvalue weighted by Gasteiger charge is 2.30. The predicted octanol–water partition coefficient (Wildman–Crippen LogP) is 4.69. The van der Waals surface area contributed by atoms with Crippen molar-refractivity contribution in [2.24, 2.45) is 0 Å². The van der Waals surface area contributed by atoms with Crippen LogP contribution in [-0.2, 0) is 6.42 Å². The van der Waals surface area contributed by atoms with Gasteiger partial charge in [0.1, 0.15) is 0 Å². The molecule has 1 saturated heterocycles. The van der Waals surface area contributed by atoms with E-state index >= 15 is 0 Å². The molecule has 1 atom stereocenters. The molecule has 120 valence electrons. The monoisotopic (exact) mass is 315 g/mol. The molecule has 1 aliphatic rings. The first-order valence-corrected chi connectivity index (χ1v) is 8.65. The number of benzene rings is 3. The lowest BCUT2D eigenvalue weighted by molar-refractivity contribution is 0.0738. The first-order valence-electron chi connectivity index (χ1n) is 8.65. The largest absolute Gasteiger partial charge is 0.335 e. The molecule has 1 fully saturated rings. The average molecular weight is 315 g/mol. The Kier molecular flexibility index (Phi) is 4.04. The maximum atomic E-state index is 13.2. The standard InChI is InChI=1S/C22H21NO/c24-22(21-14-6-11-18-10-4-5-13-20(18)21)23-15-7-12-19(23)16-17-8-2-1-3-9-17/h1-6,8-11,13-14,19H,7,12,15-16H2. The molecule has 0 aliphatic carbocycles. The van der Waals surface area contributed by atoms with Crippen molar-refractivity contribution >= 4 is 16.7 Å². The van der Waals surface area contributed by atoms with Gasteiger partial charge in [-0.1, -0.05) is 66.7 Å². The molecule has 2 nitrogen and oxygen atoms in total. The third-order valence-corrected chi connectivity index (χ3v) is 4.97. The van der Waals surface area contributed by atoms with E-state index in [9.17, 15) is 4.79 Å². The number of carbonyl (C=O) groups excluding carboxylic acids is 1. The minimum absolute atomic E-state index is 0.172. The summed E-state index contributed by atoms with van der Waals surface area (Å²) in [6, 6.07) is 24.9. The number of likely N-dealkylation sites (tertiary alicyclic amines) is 1. The van der Waals surface area contributed by atoms with Gasteiger partial charge in [-0.2, -0.15) is 0 Å². The Balaban J connectivity index is 1.63. The minimum Gasteiger partial charge on any atom is -0.335 e. The van der Waals surface area contributed by atoms with Crippen molar-refractivity contribution in [3.05, 3.63) is 83.9 Å². The van der Waals surface area contributed by atoms with Crippen LogP contribution in [0.4, 0.5) is 0 Å². The summed E-state index contributed by atoms with van der Waals surface area (Å²) in [5.74, 6) is 0.172. The maximum Gasteiger partial charge on any atom is 0.254 e. The molecule has 3 aromatic carbocycles. The first kappa shape index (κ1) is 14.9. The number of rotatable bonds is 3. The Morgan fingerprint density at radius 2 is 1.67 bits per heavy atom. The van der Waals surface area contributed by atoms with Gasteiger partial charge in [0.25, 0.3) is 5.91 Å². The van der Waals surface area contributed by atoms with E-state index in [0.29, 0.717) is 6.04 Å². The van der Waals surface area contributed by atoms with Crippen LogP contribution in [0.15, 0.2) is 72.8 Å². The fourth-order valence-corrected chi connectivity index (χ4v) is 3.77. The molecule has 0 aromatic heterocycles. The molecule has 1 heterocycles. The number of fused-ring (bicyclic) bond motifs is 1. The Bertz CT molecular complexity index is 851. The summed E-state index contributed by atoms with van der Waals surface area (Å²) in [7, 11) is 0. The first-order chi connectivity index (χ1) is 11.8. The molecule has 0 saturated carbocycles. The predicted molar refractivity (Wildman–Crippen MR) is 98.2 cm³/mol. The van der Waals surface area contributed by atoms with Crippen molar-refractivity contribution in [3.8, 4) is 0 Å². The van der Waals surface area contributed by atoms with Crippen LogP contribution in [0.25, 0.3) is 10.8 Å². The Morgan fingerprint density at radius 1 is 0.917 bits per heavy atom. The van der Waals surface area contributed by atoms with Crippen LogP contribution >= 0.6 is 0 Å². The van der Waals surface area contributed by atoms with Gasteiger partial charge in [-0.25, -0.2) is 0 Å². The van der Waals surface area contributed by atoms with Crippen LogP contribution in [0.2, 0.25) is 0 Å². The molecule has 0 bridgehead atoms. The van der Waals surface area contributed by atoms with Crippen LogP contribution in [0.5, 0.6) is 0 Å². The quantitative estimate of drug-likeness (QED) is 0.687. The number of hydrogen-bond acceptors (Lipinski definition) is 1. The molecule has 0 N–H and O–H groups in total. The van der Waals surface area contributed by atoms with Gasteiger partial charge in [0, 0.05) is 18.2 Å². The van der Waals surface area contributed by atoms with Crippen molar-refractivity contribution in [3.63, 3.8) is 0 Å². The van der Waals surface area contributed by atoms with Crippen LogP contribution in [0.1, 0.15) is 28.8 Å². The topological polar surface area (TPSA) is 20.3 Å². The van der Waals surface area contributed by atoms with Crippen molar-refractivity contribution in [2.75, 3.05) is 6.54 Å². The number of nitrogens with zero attached hydrogens (tertiary/aromatic N) is 1. The molecule has 24 heavy (non-hydrogen) atoms. The van der Waals surface area contributed by atoms with Crippen LogP contribution in [0, 0.1) is 0 Å².